The molecule has 1 aliphatic rings. The van der Waals surface area contributed by atoms with E-state index in [1.807, 2.05) is 0 Å². The van der Waals surface area contributed by atoms with Gasteiger partial charge in [-0.25, -0.2) is 0 Å². The van der Waals surface area contributed by atoms with Crippen LogP contribution >= 0.6 is 11.8 Å². The minimum Gasteiger partial charge on any atom is -0.493 e. The van der Waals surface area contributed by atoms with E-state index in [0.29, 0.717) is 46.3 Å². The number of rotatable bonds is 9. The molecule has 1 aliphatic carbocycles. The lowest BCUT2D eigenvalue weighted by molar-refractivity contribution is 0.324. The minimum atomic E-state index is 0.385. The zero-order chi connectivity index (χ0) is 20.4. The van der Waals surface area contributed by atoms with E-state index in [4.69, 9.17) is 18.6 Å². The van der Waals surface area contributed by atoms with Crippen LogP contribution in [0.2, 0.25) is 0 Å². The summed E-state index contributed by atoms with van der Waals surface area (Å²) in [5.41, 5.74) is 0.691. The number of aromatic nitrogens is 5. The van der Waals surface area contributed by atoms with Gasteiger partial charge in [0.15, 0.2) is 16.7 Å². The van der Waals surface area contributed by atoms with Crippen LogP contribution in [0.5, 0.6) is 17.2 Å². The van der Waals surface area contributed by atoms with Crippen molar-refractivity contribution in [3.63, 3.8) is 0 Å². The van der Waals surface area contributed by atoms with Crippen molar-refractivity contribution in [2.24, 2.45) is 0 Å². The summed E-state index contributed by atoms with van der Waals surface area (Å²) in [5, 5.41) is 17.9. The van der Waals surface area contributed by atoms with Gasteiger partial charge in [-0.05, 0) is 31.9 Å². The summed E-state index contributed by atoms with van der Waals surface area (Å²) in [7, 11) is 4.69. The minimum absolute atomic E-state index is 0.385. The molecular formula is C19H23N5O4S. The van der Waals surface area contributed by atoms with Crippen molar-refractivity contribution in [1.29, 1.82) is 0 Å². The Bertz CT molecular complexity index is 973. The number of methoxy groups -OCH3 is 3. The average Bonchev–Trinajstić information content (AvgIpc) is 3.34. The van der Waals surface area contributed by atoms with Crippen molar-refractivity contribution < 1.29 is 18.6 Å². The molecule has 0 unspecified atom stereocenters. The number of nitrogens with zero attached hydrogens (tertiary/aromatic N) is 5. The Morgan fingerprint density at radius 2 is 1.76 bits per heavy atom. The van der Waals surface area contributed by atoms with Crippen LogP contribution in [0, 0.1) is 0 Å². The molecule has 154 valence electrons. The predicted octanol–water partition coefficient (Wildman–Crippen LogP) is 3.54. The molecule has 1 fully saturated rings. The Kier molecular flexibility index (Phi) is 5.61. The van der Waals surface area contributed by atoms with E-state index in [0.717, 1.165) is 17.5 Å². The van der Waals surface area contributed by atoms with E-state index < -0.39 is 0 Å². The second kappa shape index (κ2) is 8.32. The quantitative estimate of drug-likeness (QED) is 0.484. The molecule has 0 radical (unpaired) electrons. The van der Waals surface area contributed by atoms with Crippen molar-refractivity contribution in [3.8, 4) is 28.7 Å². The molecule has 2 aromatic heterocycles. The van der Waals surface area contributed by atoms with Gasteiger partial charge in [-0.2, -0.15) is 0 Å². The maximum Gasteiger partial charge on any atom is 0.248 e. The third-order valence-electron chi connectivity index (χ3n) is 4.71. The molecule has 0 amide bonds. The van der Waals surface area contributed by atoms with Crippen molar-refractivity contribution in [3.05, 3.63) is 23.8 Å². The summed E-state index contributed by atoms with van der Waals surface area (Å²) >= 11 is 1.54. The summed E-state index contributed by atoms with van der Waals surface area (Å²) in [6.07, 6.45) is 2.40. The molecular weight excluding hydrogens is 394 g/mol. The van der Waals surface area contributed by atoms with Gasteiger partial charge in [-0.15, -0.1) is 20.4 Å². The Morgan fingerprint density at radius 1 is 1.03 bits per heavy atom. The van der Waals surface area contributed by atoms with E-state index in [1.165, 1.54) is 12.8 Å². The molecule has 1 aromatic carbocycles. The smallest absolute Gasteiger partial charge is 0.248 e. The molecule has 10 heteroatoms. The number of hydrogen-bond donors (Lipinski definition) is 0. The molecule has 0 saturated heterocycles. The predicted molar refractivity (Wildman–Crippen MR) is 107 cm³/mol. The highest BCUT2D eigenvalue weighted by molar-refractivity contribution is 7.98. The SMILES string of the molecule is CCn1c(SCc2nnc(-c3cc(OC)c(OC)c(OC)c3)o2)nnc1C1CC1. The Hall–Kier alpha value is -2.75. The average molecular weight is 417 g/mol. The van der Waals surface area contributed by atoms with Crippen LogP contribution in [0.15, 0.2) is 21.7 Å². The van der Waals surface area contributed by atoms with Gasteiger partial charge in [-0.3, -0.25) is 0 Å². The maximum absolute atomic E-state index is 5.85. The largest absolute Gasteiger partial charge is 0.493 e. The third kappa shape index (κ3) is 3.89. The molecule has 0 aliphatic heterocycles. The normalized spacial score (nSPS) is 13.5. The fourth-order valence-corrected chi connectivity index (χ4v) is 3.95. The highest BCUT2D eigenvalue weighted by Gasteiger charge is 2.30. The van der Waals surface area contributed by atoms with E-state index in [2.05, 4.69) is 31.9 Å². The standard InChI is InChI=1S/C19H23N5O4S/c1-5-24-17(11-6-7-11)21-23-19(24)29-10-15-20-22-18(28-15)12-8-13(25-2)16(27-4)14(9-12)26-3/h8-9,11H,5-7,10H2,1-4H3. The van der Waals surface area contributed by atoms with Crippen LogP contribution in [0.3, 0.4) is 0 Å². The van der Waals surface area contributed by atoms with Crippen LogP contribution in [-0.4, -0.2) is 46.3 Å². The van der Waals surface area contributed by atoms with Crippen LogP contribution in [-0.2, 0) is 12.3 Å². The Morgan fingerprint density at radius 3 is 2.34 bits per heavy atom. The van der Waals surface area contributed by atoms with Crippen LogP contribution < -0.4 is 14.2 Å². The van der Waals surface area contributed by atoms with Crippen molar-refractivity contribution >= 4 is 11.8 Å². The van der Waals surface area contributed by atoms with E-state index in [9.17, 15) is 0 Å². The topological polar surface area (TPSA) is 97.3 Å². The first-order chi connectivity index (χ1) is 14.2. The summed E-state index contributed by atoms with van der Waals surface area (Å²) in [5.74, 6) is 4.62. The second-order valence-electron chi connectivity index (χ2n) is 6.56. The number of hydrogen-bond acceptors (Lipinski definition) is 9. The first-order valence-corrected chi connectivity index (χ1v) is 10.4. The van der Waals surface area contributed by atoms with Gasteiger partial charge in [0.05, 0.1) is 27.1 Å². The second-order valence-corrected chi connectivity index (χ2v) is 7.51. The fourth-order valence-electron chi connectivity index (χ4n) is 3.11. The molecule has 3 aromatic rings. The number of ether oxygens (including phenoxy) is 3. The van der Waals surface area contributed by atoms with E-state index in [1.54, 1.807) is 45.2 Å². The van der Waals surface area contributed by atoms with Crippen LogP contribution in [0.1, 0.15) is 37.4 Å². The number of thioether (sulfide) groups is 1. The monoisotopic (exact) mass is 417 g/mol. The van der Waals surface area contributed by atoms with E-state index >= 15 is 0 Å². The summed E-state index contributed by atoms with van der Waals surface area (Å²) in [6.45, 7) is 2.95. The molecule has 0 bridgehead atoms. The molecule has 2 heterocycles. The van der Waals surface area contributed by atoms with Gasteiger partial charge >= 0.3 is 0 Å². The van der Waals surface area contributed by atoms with Gasteiger partial charge in [-0.1, -0.05) is 11.8 Å². The molecule has 29 heavy (non-hydrogen) atoms. The van der Waals surface area contributed by atoms with Gasteiger partial charge in [0, 0.05) is 18.0 Å². The summed E-state index contributed by atoms with van der Waals surface area (Å²) in [6, 6.07) is 3.56. The first kappa shape index (κ1) is 19.6. The third-order valence-corrected chi connectivity index (χ3v) is 5.66. The molecule has 9 nitrogen and oxygen atoms in total. The summed E-state index contributed by atoms with van der Waals surface area (Å²) in [4.78, 5) is 0. The number of benzene rings is 1. The van der Waals surface area contributed by atoms with Gasteiger partial charge in [0.1, 0.15) is 5.82 Å². The van der Waals surface area contributed by atoms with Gasteiger partial charge in [0.25, 0.3) is 0 Å². The molecule has 0 atom stereocenters. The van der Waals surface area contributed by atoms with Crippen molar-refractivity contribution in [2.45, 2.75) is 43.1 Å². The lowest BCUT2D eigenvalue weighted by Crippen LogP contribution is -2.02. The van der Waals surface area contributed by atoms with Gasteiger partial charge in [0.2, 0.25) is 17.5 Å². The van der Waals surface area contributed by atoms with E-state index in [-0.39, 0.29) is 0 Å². The first-order valence-electron chi connectivity index (χ1n) is 9.37. The Labute approximate surface area is 172 Å². The highest BCUT2D eigenvalue weighted by Crippen LogP contribution is 2.41. The molecule has 0 spiro atoms. The molecule has 4 rings (SSSR count). The van der Waals surface area contributed by atoms with Crippen molar-refractivity contribution in [2.75, 3.05) is 21.3 Å². The fraction of sp³-hybridized carbons (Fsp3) is 0.474. The molecule has 0 N–H and O–H groups in total. The zero-order valence-electron chi connectivity index (χ0n) is 16.8. The lowest BCUT2D eigenvalue weighted by Gasteiger charge is -2.12. The molecule has 1 saturated carbocycles. The van der Waals surface area contributed by atoms with Crippen LogP contribution in [0.25, 0.3) is 11.5 Å². The van der Waals surface area contributed by atoms with Crippen LogP contribution in [0.4, 0.5) is 0 Å². The zero-order valence-corrected chi connectivity index (χ0v) is 17.7. The highest BCUT2D eigenvalue weighted by atomic mass is 32.2. The summed E-state index contributed by atoms with van der Waals surface area (Å²) < 4.78 is 24.1. The van der Waals surface area contributed by atoms with Crippen molar-refractivity contribution in [1.82, 2.24) is 25.0 Å². The van der Waals surface area contributed by atoms with Gasteiger partial charge < -0.3 is 23.2 Å². The maximum atomic E-state index is 5.85. The Balaban J connectivity index is 1.52. The lowest BCUT2D eigenvalue weighted by atomic mass is 10.2.